The lowest BCUT2D eigenvalue weighted by molar-refractivity contribution is 0.102. The lowest BCUT2D eigenvalue weighted by Gasteiger charge is -2.08. The van der Waals surface area contributed by atoms with Crippen LogP contribution in [-0.2, 0) is 15.8 Å². The average Bonchev–Trinajstić information content (AvgIpc) is 2.95. The van der Waals surface area contributed by atoms with E-state index in [1.807, 2.05) is 6.07 Å². The Morgan fingerprint density at radius 2 is 1.96 bits per heavy atom. The van der Waals surface area contributed by atoms with Crippen LogP contribution < -0.4 is 10.5 Å². The first kappa shape index (κ1) is 19.1. The second kappa shape index (κ2) is 7.51. The van der Waals surface area contributed by atoms with Gasteiger partial charge in [0.05, 0.1) is 28.9 Å². The molecule has 9 heteroatoms. The number of benzene rings is 2. The summed E-state index contributed by atoms with van der Waals surface area (Å²) in [6.45, 7) is 1.78. The molecule has 0 aliphatic rings. The summed E-state index contributed by atoms with van der Waals surface area (Å²) in [5.74, 6) is -0.656. The molecule has 2 aromatic carbocycles. The van der Waals surface area contributed by atoms with Gasteiger partial charge in [-0.3, -0.25) is 4.79 Å². The zero-order chi connectivity index (χ0) is 19.6. The molecule has 140 valence electrons. The molecule has 0 unspecified atom stereocenters. The molecular formula is C18H17ClN4O3S. The van der Waals surface area contributed by atoms with Crippen LogP contribution in [0.2, 0.25) is 5.02 Å². The second-order valence-corrected chi connectivity index (χ2v) is 8.05. The van der Waals surface area contributed by atoms with E-state index in [2.05, 4.69) is 10.4 Å². The van der Waals surface area contributed by atoms with E-state index in [1.54, 1.807) is 54.1 Å². The van der Waals surface area contributed by atoms with Gasteiger partial charge in [-0.1, -0.05) is 29.8 Å². The topological polar surface area (TPSA) is 107 Å². The molecule has 3 rings (SSSR count). The molecule has 1 amide bonds. The Morgan fingerprint density at radius 1 is 1.22 bits per heavy atom. The van der Waals surface area contributed by atoms with Crippen LogP contribution in [0.4, 0.5) is 5.69 Å². The number of hydrogen-bond donors (Lipinski definition) is 2. The van der Waals surface area contributed by atoms with E-state index in [4.69, 9.17) is 16.7 Å². The Kier molecular flexibility index (Phi) is 5.31. The number of rotatable bonds is 5. The van der Waals surface area contributed by atoms with Crippen LogP contribution in [-0.4, -0.2) is 24.1 Å². The molecule has 1 aromatic heterocycles. The van der Waals surface area contributed by atoms with E-state index in [0.717, 1.165) is 5.69 Å². The van der Waals surface area contributed by atoms with Crippen molar-refractivity contribution >= 4 is 33.2 Å². The molecule has 0 radical (unpaired) electrons. The largest absolute Gasteiger partial charge is 0.322 e. The minimum absolute atomic E-state index is 0.303. The van der Waals surface area contributed by atoms with Gasteiger partial charge in [0, 0.05) is 10.7 Å². The van der Waals surface area contributed by atoms with Crippen molar-refractivity contribution in [2.24, 2.45) is 5.14 Å². The Bertz CT molecular complexity index is 1110. The predicted molar refractivity (Wildman–Crippen MR) is 105 cm³/mol. The van der Waals surface area contributed by atoms with Crippen LogP contribution in [0.3, 0.4) is 0 Å². The van der Waals surface area contributed by atoms with Crippen LogP contribution >= 0.6 is 11.6 Å². The molecule has 27 heavy (non-hydrogen) atoms. The van der Waals surface area contributed by atoms with Gasteiger partial charge in [0.15, 0.2) is 0 Å². The fraction of sp³-hybridized carbons (Fsp3) is 0.111. The molecular weight excluding hydrogens is 388 g/mol. The number of halogens is 1. The number of carbonyl (C=O) groups is 1. The molecule has 0 aliphatic carbocycles. The highest BCUT2D eigenvalue weighted by atomic mass is 35.5. The Hall–Kier alpha value is -2.68. The highest BCUT2D eigenvalue weighted by Crippen LogP contribution is 2.19. The highest BCUT2D eigenvalue weighted by molar-refractivity contribution is 7.88. The van der Waals surface area contributed by atoms with Crippen LogP contribution in [0, 0.1) is 6.92 Å². The van der Waals surface area contributed by atoms with E-state index in [0.29, 0.717) is 27.5 Å². The van der Waals surface area contributed by atoms with Crippen LogP contribution in [0.1, 0.15) is 21.6 Å². The van der Waals surface area contributed by atoms with Gasteiger partial charge in [-0.15, -0.1) is 0 Å². The maximum absolute atomic E-state index is 12.6. The molecule has 0 atom stereocenters. The Labute approximate surface area is 161 Å². The first-order valence-corrected chi connectivity index (χ1v) is 10.0. The van der Waals surface area contributed by atoms with E-state index < -0.39 is 10.0 Å². The number of nitrogens with two attached hydrogens (primary N) is 1. The zero-order valence-electron chi connectivity index (χ0n) is 14.4. The number of hydrogen-bond acceptors (Lipinski definition) is 4. The highest BCUT2D eigenvalue weighted by Gasteiger charge is 2.16. The first-order valence-electron chi connectivity index (χ1n) is 7.94. The van der Waals surface area contributed by atoms with Crippen molar-refractivity contribution in [3.05, 3.63) is 76.6 Å². The van der Waals surface area contributed by atoms with Crippen LogP contribution in [0.5, 0.6) is 0 Å². The monoisotopic (exact) mass is 404 g/mol. The van der Waals surface area contributed by atoms with Gasteiger partial charge in [0.25, 0.3) is 5.91 Å². The van der Waals surface area contributed by atoms with E-state index in [-0.39, 0.29) is 11.7 Å². The first-order chi connectivity index (χ1) is 12.7. The SMILES string of the molecule is Cc1c(C(=O)Nc2cccc(CS(N)(=O)=O)c2)cnn1-c1cccc(Cl)c1. The number of primary sulfonamides is 1. The van der Waals surface area contributed by atoms with Crippen molar-refractivity contribution in [3.8, 4) is 5.69 Å². The molecule has 0 spiro atoms. The zero-order valence-corrected chi connectivity index (χ0v) is 16.0. The molecule has 7 nitrogen and oxygen atoms in total. The fourth-order valence-electron chi connectivity index (χ4n) is 2.67. The van der Waals surface area contributed by atoms with Gasteiger partial charge < -0.3 is 5.32 Å². The van der Waals surface area contributed by atoms with Gasteiger partial charge in [0.2, 0.25) is 10.0 Å². The molecule has 0 fully saturated rings. The normalized spacial score (nSPS) is 11.4. The lowest BCUT2D eigenvalue weighted by Crippen LogP contribution is -2.15. The molecule has 0 saturated carbocycles. The minimum Gasteiger partial charge on any atom is -0.322 e. The molecule has 3 N–H and O–H groups in total. The van der Waals surface area contributed by atoms with Gasteiger partial charge in [-0.2, -0.15) is 5.10 Å². The summed E-state index contributed by atoms with van der Waals surface area (Å²) in [6.07, 6.45) is 1.47. The van der Waals surface area contributed by atoms with E-state index in [1.165, 1.54) is 6.20 Å². The third-order valence-corrected chi connectivity index (χ3v) is 4.83. The number of sulfonamides is 1. The van der Waals surface area contributed by atoms with Crippen molar-refractivity contribution in [1.29, 1.82) is 0 Å². The average molecular weight is 405 g/mol. The van der Waals surface area contributed by atoms with Gasteiger partial charge in [-0.05, 0) is 42.8 Å². The number of nitrogens with zero attached hydrogens (tertiary/aromatic N) is 2. The van der Waals surface area contributed by atoms with Crippen LogP contribution in [0.15, 0.2) is 54.7 Å². The van der Waals surface area contributed by atoms with Crippen molar-refractivity contribution in [3.63, 3.8) is 0 Å². The number of nitrogens with one attached hydrogen (secondary N) is 1. The quantitative estimate of drug-likeness (QED) is 0.681. The van der Waals surface area contributed by atoms with E-state index in [9.17, 15) is 13.2 Å². The minimum atomic E-state index is -3.65. The van der Waals surface area contributed by atoms with E-state index >= 15 is 0 Å². The third kappa shape index (κ3) is 4.73. The van der Waals surface area contributed by atoms with Crippen molar-refractivity contribution in [2.45, 2.75) is 12.7 Å². The van der Waals surface area contributed by atoms with Crippen molar-refractivity contribution in [1.82, 2.24) is 9.78 Å². The molecule has 0 bridgehead atoms. The molecule has 0 saturated heterocycles. The summed E-state index contributed by atoms with van der Waals surface area (Å²) in [6, 6.07) is 13.7. The summed E-state index contributed by atoms with van der Waals surface area (Å²) >= 11 is 6.01. The van der Waals surface area contributed by atoms with Gasteiger partial charge in [0.1, 0.15) is 0 Å². The summed E-state index contributed by atoms with van der Waals surface area (Å²) < 4.78 is 24.1. The third-order valence-electron chi connectivity index (χ3n) is 3.86. The van der Waals surface area contributed by atoms with Crippen molar-refractivity contribution in [2.75, 3.05) is 5.32 Å². The smallest absolute Gasteiger partial charge is 0.259 e. The predicted octanol–water partition coefficient (Wildman–Crippen LogP) is 2.87. The number of amides is 1. The second-order valence-electron chi connectivity index (χ2n) is 6.00. The number of aromatic nitrogens is 2. The lowest BCUT2D eigenvalue weighted by atomic mass is 10.2. The molecule has 1 heterocycles. The Balaban J connectivity index is 1.83. The summed E-state index contributed by atoms with van der Waals surface area (Å²) in [4.78, 5) is 12.6. The fourth-order valence-corrected chi connectivity index (χ4v) is 3.50. The molecule has 0 aliphatic heterocycles. The summed E-state index contributed by atoms with van der Waals surface area (Å²) in [7, 11) is -3.65. The van der Waals surface area contributed by atoms with Crippen molar-refractivity contribution < 1.29 is 13.2 Å². The summed E-state index contributed by atoms with van der Waals surface area (Å²) in [5, 5.41) is 12.6. The van der Waals surface area contributed by atoms with Gasteiger partial charge >= 0.3 is 0 Å². The standard InChI is InChI=1S/C18H17ClN4O3S/c1-12-17(10-21-23(12)16-7-3-5-14(19)9-16)18(24)22-15-6-2-4-13(8-15)11-27(20,25)26/h2-10H,11H2,1H3,(H,22,24)(H2,20,25,26). The van der Waals surface area contributed by atoms with Gasteiger partial charge in [-0.25, -0.2) is 18.2 Å². The maximum Gasteiger partial charge on any atom is 0.259 e. The number of anilines is 1. The van der Waals surface area contributed by atoms with Crippen LogP contribution in [0.25, 0.3) is 5.69 Å². The maximum atomic E-state index is 12.6. The summed E-state index contributed by atoms with van der Waals surface area (Å²) in [5.41, 5.74) is 2.74. The molecule has 3 aromatic rings. The Morgan fingerprint density at radius 3 is 2.67 bits per heavy atom. The number of carbonyl (C=O) groups excluding carboxylic acids is 1.